The molecule has 0 bridgehead atoms. The molecule has 0 radical (unpaired) electrons. The van der Waals surface area contributed by atoms with Crippen LogP contribution in [0.25, 0.3) is 0 Å². The van der Waals surface area contributed by atoms with Crippen molar-refractivity contribution in [3.05, 3.63) is 35.4 Å². The van der Waals surface area contributed by atoms with Crippen molar-refractivity contribution >= 4 is 17.8 Å². The van der Waals surface area contributed by atoms with Crippen LogP contribution >= 0.6 is 0 Å². The van der Waals surface area contributed by atoms with Gasteiger partial charge in [0, 0.05) is 26.1 Å². The maximum Gasteiger partial charge on any atom is 0.306 e. The van der Waals surface area contributed by atoms with Crippen molar-refractivity contribution in [2.24, 2.45) is 11.8 Å². The van der Waals surface area contributed by atoms with Gasteiger partial charge in [0.2, 0.25) is 11.8 Å². The summed E-state index contributed by atoms with van der Waals surface area (Å²) in [4.78, 5) is 38.7. The number of carbonyl (C=O) groups excluding carboxylic acids is 2. The van der Waals surface area contributed by atoms with Gasteiger partial charge in [-0.15, -0.1) is 0 Å². The normalized spacial score (nSPS) is 22.4. The standard InChI is InChI=1S/C19H22F2N2O4/c1-22(10-16(24)23-7-5-11(6-8-23)19(26)27)18(25)14-9-13(14)12-3-2-4-15(20)17(12)21/h2-4,11,13-14H,5-10H2,1H3,(H,26,27). The molecule has 2 fully saturated rings. The number of likely N-dealkylation sites (tertiary alicyclic amines) is 1. The van der Waals surface area contributed by atoms with Gasteiger partial charge in [-0.25, -0.2) is 8.78 Å². The van der Waals surface area contributed by atoms with Gasteiger partial charge in [-0.2, -0.15) is 0 Å². The lowest BCUT2D eigenvalue weighted by molar-refractivity contribution is -0.146. The molecule has 1 aromatic carbocycles. The third-order valence-electron chi connectivity index (χ3n) is 5.43. The highest BCUT2D eigenvalue weighted by molar-refractivity contribution is 5.88. The first-order chi connectivity index (χ1) is 12.8. The number of aliphatic carboxylic acids is 1. The van der Waals surface area contributed by atoms with Crippen molar-refractivity contribution in [2.75, 3.05) is 26.7 Å². The predicted molar refractivity (Wildman–Crippen MR) is 91.8 cm³/mol. The maximum absolute atomic E-state index is 13.9. The summed E-state index contributed by atoms with van der Waals surface area (Å²) in [5.74, 6) is -4.44. The minimum absolute atomic E-state index is 0.106. The Labute approximate surface area is 155 Å². The van der Waals surface area contributed by atoms with E-state index in [1.807, 2.05) is 0 Å². The molecule has 146 valence electrons. The Balaban J connectivity index is 1.52. The Morgan fingerprint density at radius 3 is 2.52 bits per heavy atom. The molecule has 2 atom stereocenters. The van der Waals surface area contributed by atoms with Gasteiger partial charge in [0.1, 0.15) is 0 Å². The Kier molecular flexibility index (Phi) is 5.43. The average Bonchev–Trinajstić information content (AvgIpc) is 3.43. The quantitative estimate of drug-likeness (QED) is 0.846. The van der Waals surface area contributed by atoms with Gasteiger partial charge in [0.15, 0.2) is 11.6 Å². The van der Waals surface area contributed by atoms with E-state index in [9.17, 15) is 23.2 Å². The number of likely N-dealkylation sites (N-methyl/N-ethyl adjacent to an activating group) is 1. The van der Waals surface area contributed by atoms with Crippen molar-refractivity contribution in [3.63, 3.8) is 0 Å². The summed E-state index contributed by atoms with van der Waals surface area (Å²) >= 11 is 0. The molecule has 8 heteroatoms. The molecule has 2 aliphatic rings. The van der Waals surface area contributed by atoms with Gasteiger partial charge in [-0.3, -0.25) is 14.4 Å². The average molecular weight is 380 g/mol. The predicted octanol–water partition coefficient (Wildman–Crippen LogP) is 1.85. The molecule has 2 amide bonds. The van der Waals surface area contributed by atoms with E-state index >= 15 is 0 Å². The summed E-state index contributed by atoms with van der Waals surface area (Å²) in [6, 6.07) is 3.94. The number of halogens is 2. The van der Waals surface area contributed by atoms with Crippen LogP contribution in [0.3, 0.4) is 0 Å². The van der Waals surface area contributed by atoms with Gasteiger partial charge >= 0.3 is 5.97 Å². The lowest BCUT2D eigenvalue weighted by Crippen LogP contribution is -2.45. The Hall–Kier alpha value is -2.51. The smallest absolute Gasteiger partial charge is 0.306 e. The first-order valence-corrected chi connectivity index (χ1v) is 8.99. The molecule has 0 aromatic heterocycles. The summed E-state index contributed by atoms with van der Waals surface area (Å²) < 4.78 is 27.2. The van der Waals surface area contributed by atoms with E-state index in [0.29, 0.717) is 32.4 Å². The zero-order valence-electron chi connectivity index (χ0n) is 15.0. The second-order valence-corrected chi connectivity index (χ2v) is 7.28. The fraction of sp³-hybridized carbons (Fsp3) is 0.526. The van der Waals surface area contributed by atoms with Crippen molar-refractivity contribution in [1.29, 1.82) is 0 Å². The van der Waals surface area contributed by atoms with Crippen LogP contribution in [0.5, 0.6) is 0 Å². The molecule has 1 saturated heterocycles. The molecule has 1 N–H and O–H groups in total. The number of hydrogen-bond acceptors (Lipinski definition) is 3. The Morgan fingerprint density at radius 1 is 1.22 bits per heavy atom. The fourth-order valence-electron chi connectivity index (χ4n) is 3.66. The number of piperidine rings is 1. The topological polar surface area (TPSA) is 77.9 Å². The maximum atomic E-state index is 13.9. The SMILES string of the molecule is CN(CC(=O)N1CCC(C(=O)O)CC1)C(=O)C1CC1c1cccc(F)c1F. The molecule has 3 rings (SSSR count). The molecule has 1 aliphatic heterocycles. The highest BCUT2D eigenvalue weighted by Crippen LogP contribution is 2.49. The van der Waals surface area contributed by atoms with E-state index in [1.54, 1.807) is 4.90 Å². The van der Waals surface area contributed by atoms with Crippen molar-refractivity contribution in [2.45, 2.75) is 25.2 Å². The molecule has 0 spiro atoms. The lowest BCUT2D eigenvalue weighted by atomic mass is 9.97. The van der Waals surface area contributed by atoms with Gasteiger partial charge in [-0.1, -0.05) is 12.1 Å². The van der Waals surface area contributed by atoms with Crippen molar-refractivity contribution < 1.29 is 28.3 Å². The number of carboxylic acid groups (broad SMARTS) is 1. The van der Waals surface area contributed by atoms with Crippen LogP contribution in [0.2, 0.25) is 0 Å². The van der Waals surface area contributed by atoms with Gasteiger partial charge in [0.05, 0.1) is 12.5 Å². The Bertz CT molecular complexity index is 762. The van der Waals surface area contributed by atoms with Crippen LogP contribution in [0.4, 0.5) is 8.78 Å². The summed E-state index contributed by atoms with van der Waals surface area (Å²) in [6.45, 7) is 0.613. The van der Waals surface area contributed by atoms with Crippen LogP contribution < -0.4 is 0 Å². The summed E-state index contributed by atoms with van der Waals surface area (Å²) in [5.41, 5.74) is 0.198. The minimum Gasteiger partial charge on any atom is -0.481 e. The zero-order chi connectivity index (χ0) is 19.7. The molecule has 1 aliphatic carbocycles. The Morgan fingerprint density at radius 2 is 1.89 bits per heavy atom. The summed E-state index contributed by atoms with van der Waals surface area (Å²) in [7, 11) is 1.52. The fourth-order valence-corrected chi connectivity index (χ4v) is 3.66. The molecule has 1 saturated carbocycles. The van der Waals surface area contributed by atoms with Gasteiger partial charge in [-0.05, 0) is 36.8 Å². The monoisotopic (exact) mass is 380 g/mol. The molecule has 6 nitrogen and oxygen atoms in total. The molecule has 27 heavy (non-hydrogen) atoms. The van der Waals surface area contributed by atoms with Crippen molar-refractivity contribution in [1.82, 2.24) is 9.80 Å². The highest BCUT2D eigenvalue weighted by Gasteiger charge is 2.47. The number of benzene rings is 1. The van der Waals surface area contributed by atoms with E-state index in [4.69, 9.17) is 5.11 Å². The van der Waals surface area contributed by atoms with Crippen LogP contribution in [-0.2, 0) is 14.4 Å². The minimum atomic E-state index is -0.932. The van der Waals surface area contributed by atoms with Gasteiger partial charge in [0.25, 0.3) is 0 Å². The number of nitrogens with zero attached hydrogens (tertiary/aromatic N) is 2. The molecular formula is C19H22F2N2O4. The van der Waals surface area contributed by atoms with E-state index in [1.165, 1.54) is 24.1 Å². The number of rotatable bonds is 5. The number of carboxylic acids is 1. The molecule has 1 aromatic rings. The van der Waals surface area contributed by atoms with E-state index < -0.39 is 29.4 Å². The van der Waals surface area contributed by atoms with E-state index in [0.717, 1.165) is 6.07 Å². The first-order valence-electron chi connectivity index (χ1n) is 8.99. The van der Waals surface area contributed by atoms with Crippen LogP contribution in [0, 0.1) is 23.5 Å². The van der Waals surface area contributed by atoms with Crippen LogP contribution in [0.15, 0.2) is 18.2 Å². The van der Waals surface area contributed by atoms with Gasteiger partial charge < -0.3 is 14.9 Å². The van der Waals surface area contributed by atoms with Crippen LogP contribution in [-0.4, -0.2) is 59.4 Å². The molecule has 2 unspecified atom stereocenters. The number of amides is 2. The summed E-state index contributed by atoms with van der Waals surface area (Å²) in [6.07, 6.45) is 1.24. The van der Waals surface area contributed by atoms with Crippen LogP contribution in [0.1, 0.15) is 30.7 Å². The molecule has 1 heterocycles. The largest absolute Gasteiger partial charge is 0.481 e. The van der Waals surface area contributed by atoms with Crippen molar-refractivity contribution in [3.8, 4) is 0 Å². The molecular weight excluding hydrogens is 358 g/mol. The van der Waals surface area contributed by atoms with E-state index in [2.05, 4.69) is 0 Å². The summed E-state index contributed by atoms with van der Waals surface area (Å²) in [5, 5.41) is 9.00. The number of hydrogen-bond donors (Lipinski definition) is 1. The van der Waals surface area contributed by atoms with E-state index in [-0.39, 0.29) is 29.8 Å². The second kappa shape index (κ2) is 7.62. The highest BCUT2D eigenvalue weighted by atomic mass is 19.2. The number of carbonyl (C=O) groups is 3. The third-order valence-corrected chi connectivity index (χ3v) is 5.43. The first kappa shape index (κ1) is 19.3. The third kappa shape index (κ3) is 4.09. The lowest BCUT2D eigenvalue weighted by Gasteiger charge is -2.31. The second-order valence-electron chi connectivity index (χ2n) is 7.28. The zero-order valence-corrected chi connectivity index (χ0v) is 15.0.